The number of carbonyl (C=O) groups is 2. The lowest BCUT2D eigenvalue weighted by molar-refractivity contribution is -0.140. The summed E-state index contributed by atoms with van der Waals surface area (Å²) in [5.74, 6) is -0.128. The molecule has 0 bridgehead atoms. The summed E-state index contributed by atoms with van der Waals surface area (Å²) in [6.07, 6.45) is -0.704. The molecule has 6 heteroatoms. The molecule has 2 amide bonds. The van der Waals surface area contributed by atoms with Crippen LogP contribution >= 0.6 is 0 Å². The molecule has 0 spiro atoms. The van der Waals surface area contributed by atoms with Crippen LogP contribution in [0.2, 0.25) is 0 Å². The third kappa shape index (κ3) is 4.21. The van der Waals surface area contributed by atoms with Gasteiger partial charge in [-0.3, -0.25) is 4.79 Å². The van der Waals surface area contributed by atoms with Crippen LogP contribution in [0.3, 0.4) is 0 Å². The Morgan fingerprint density at radius 2 is 2.14 bits per heavy atom. The third-order valence-electron chi connectivity index (χ3n) is 3.53. The number of hydrogen-bond donors (Lipinski definition) is 1. The number of alkyl carbamates (subject to hydrolysis) is 1. The van der Waals surface area contributed by atoms with E-state index in [1.165, 1.54) is 0 Å². The van der Waals surface area contributed by atoms with Gasteiger partial charge in [0.15, 0.2) is 0 Å². The summed E-state index contributed by atoms with van der Waals surface area (Å²) >= 11 is 0. The number of rotatable bonds is 4. The highest BCUT2D eigenvalue weighted by Crippen LogP contribution is 2.22. The zero-order valence-corrected chi connectivity index (χ0v) is 13.0. The molecule has 6 nitrogen and oxygen atoms in total. The van der Waals surface area contributed by atoms with E-state index in [0.717, 1.165) is 5.56 Å². The third-order valence-corrected chi connectivity index (χ3v) is 3.53. The van der Waals surface area contributed by atoms with E-state index >= 15 is 0 Å². The van der Waals surface area contributed by atoms with Crippen molar-refractivity contribution in [3.63, 3.8) is 0 Å². The van der Waals surface area contributed by atoms with E-state index in [1.807, 2.05) is 30.3 Å². The zero-order valence-electron chi connectivity index (χ0n) is 13.0. The van der Waals surface area contributed by atoms with E-state index < -0.39 is 12.1 Å². The molecule has 0 radical (unpaired) electrons. The monoisotopic (exact) mass is 306 g/mol. The number of carbonyl (C=O) groups excluding carboxylic acids is 2. The lowest BCUT2D eigenvalue weighted by atomic mass is 10.1. The van der Waals surface area contributed by atoms with Gasteiger partial charge < -0.3 is 19.7 Å². The molecule has 22 heavy (non-hydrogen) atoms. The van der Waals surface area contributed by atoms with Crippen LogP contribution in [0.1, 0.15) is 25.5 Å². The first-order valence-electron chi connectivity index (χ1n) is 7.50. The maximum atomic E-state index is 12.4. The maximum Gasteiger partial charge on any atom is 0.407 e. The summed E-state index contributed by atoms with van der Waals surface area (Å²) in [6, 6.07) is 9.20. The fourth-order valence-electron chi connectivity index (χ4n) is 2.40. The van der Waals surface area contributed by atoms with Crippen molar-refractivity contribution in [2.45, 2.75) is 26.0 Å². The van der Waals surface area contributed by atoms with Crippen LogP contribution in [0.25, 0.3) is 0 Å². The van der Waals surface area contributed by atoms with E-state index in [9.17, 15) is 9.59 Å². The average Bonchev–Trinajstić information content (AvgIpc) is 2.55. The molecule has 1 saturated heterocycles. The summed E-state index contributed by atoms with van der Waals surface area (Å²) in [5, 5.41) is 2.54. The normalized spacial score (nSPS) is 19.4. The molecule has 2 atom stereocenters. The summed E-state index contributed by atoms with van der Waals surface area (Å²) in [4.78, 5) is 25.5. The first-order valence-corrected chi connectivity index (χ1v) is 7.50. The minimum absolute atomic E-state index is 0.128. The van der Waals surface area contributed by atoms with Crippen molar-refractivity contribution in [2.75, 3.05) is 26.3 Å². The van der Waals surface area contributed by atoms with Crippen LogP contribution in [-0.2, 0) is 14.3 Å². The second-order valence-corrected chi connectivity index (χ2v) is 5.14. The van der Waals surface area contributed by atoms with E-state index in [1.54, 1.807) is 18.7 Å². The van der Waals surface area contributed by atoms with Crippen LogP contribution in [0, 0.1) is 0 Å². The standard InChI is InChI=1S/C16H22N2O4/c1-3-21-16(20)17-12(2)15(19)18-9-10-22-14(11-18)13-7-5-4-6-8-13/h4-8,12,14H,3,9-11H2,1-2H3,(H,17,20)/t12-,14?/m0/s1. The molecular formula is C16H22N2O4. The molecule has 1 fully saturated rings. The van der Waals surface area contributed by atoms with Crippen LogP contribution in [0.4, 0.5) is 4.79 Å². The smallest absolute Gasteiger partial charge is 0.407 e. The maximum absolute atomic E-state index is 12.4. The Morgan fingerprint density at radius 1 is 1.41 bits per heavy atom. The summed E-state index contributed by atoms with van der Waals surface area (Å²) in [5.41, 5.74) is 1.05. The molecular weight excluding hydrogens is 284 g/mol. The number of morpholine rings is 1. The van der Waals surface area contributed by atoms with Crippen LogP contribution in [-0.4, -0.2) is 49.2 Å². The molecule has 0 aliphatic carbocycles. The molecule has 1 aliphatic heterocycles. The number of nitrogens with one attached hydrogen (secondary N) is 1. The lowest BCUT2D eigenvalue weighted by Crippen LogP contribution is -2.51. The minimum atomic E-state index is -0.617. The summed E-state index contributed by atoms with van der Waals surface area (Å²) in [6.45, 7) is 5.15. The Kier molecular flexibility index (Phi) is 5.77. The zero-order chi connectivity index (χ0) is 15.9. The van der Waals surface area contributed by atoms with Crippen molar-refractivity contribution in [3.05, 3.63) is 35.9 Å². The van der Waals surface area contributed by atoms with Crippen LogP contribution in [0.15, 0.2) is 30.3 Å². The van der Waals surface area contributed by atoms with Gasteiger partial charge in [-0.05, 0) is 19.4 Å². The van der Waals surface area contributed by atoms with Gasteiger partial charge in [-0.15, -0.1) is 0 Å². The van der Waals surface area contributed by atoms with Gasteiger partial charge >= 0.3 is 6.09 Å². The van der Waals surface area contributed by atoms with E-state index in [2.05, 4.69) is 5.32 Å². The number of nitrogens with zero attached hydrogens (tertiary/aromatic N) is 1. The van der Waals surface area contributed by atoms with Gasteiger partial charge in [0.05, 0.1) is 19.8 Å². The molecule has 0 aromatic heterocycles. The Morgan fingerprint density at radius 3 is 2.82 bits per heavy atom. The van der Waals surface area contributed by atoms with Crippen molar-refractivity contribution in [3.8, 4) is 0 Å². The lowest BCUT2D eigenvalue weighted by Gasteiger charge is -2.34. The largest absolute Gasteiger partial charge is 0.450 e. The molecule has 1 N–H and O–H groups in total. The number of benzene rings is 1. The molecule has 1 heterocycles. The predicted octanol–water partition coefficient (Wildman–Crippen LogP) is 1.72. The first-order chi connectivity index (χ1) is 10.6. The highest BCUT2D eigenvalue weighted by Gasteiger charge is 2.28. The molecule has 1 aromatic carbocycles. The number of amides is 2. The van der Waals surface area contributed by atoms with E-state index in [-0.39, 0.29) is 18.6 Å². The van der Waals surface area contributed by atoms with Crippen LogP contribution < -0.4 is 5.32 Å². The van der Waals surface area contributed by atoms with Gasteiger partial charge in [-0.2, -0.15) is 0 Å². The van der Waals surface area contributed by atoms with Crippen molar-refractivity contribution < 1.29 is 19.1 Å². The Hall–Kier alpha value is -2.08. The number of hydrogen-bond acceptors (Lipinski definition) is 4. The summed E-state index contributed by atoms with van der Waals surface area (Å²) < 4.78 is 10.5. The molecule has 120 valence electrons. The number of ether oxygens (including phenoxy) is 2. The fourth-order valence-corrected chi connectivity index (χ4v) is 2.40. The van der Waals surface area contributed by atoms with Crippen LogP contribution in [0.5, 0.6) is 0 Å². The minimum Gasteiger partial charge on any atom is -0.450 e. The quantitative estimate of drug-likeness (QED) is 0.920. The molecule has 1 aromatic rings. The fraction of sp³-hybridized carbons (Fsp3) is 0.500. The van der Waals surface area contributed by atoms with Gasteiger partial charge in [-0.25, -0.2) is 4.79 Å². The first kappa shape index (κ1) is 16.3. The van der Waals surface area contributed by atoms with Crippen molar-refractivity contribution >= 4 is 12.0 Å². The second-order valence-electron chi connectivity index (χ2n) is 5.14. The van der Waals surface area contributed by atoms with Crippen molar-refractivity contribution in [2.24, 2.45) is 0 Å². The Bertz CT molecular complexity index is 506. The average molecular weight is 306 g/mol. The molecule has 2 rings (SSSR count). The molecule has 0 saturated carbocycles. The van der Waals surface area contributed by atoms with Gasteiger partial charge in [0, 0.05) is 6.54 Å². The van der Waals surface area contributed by atoms with E-state index in [0.29, 0.717) is 19.7 Å². The van der Waals surface area contributed by atoms with Gasteiger partial charge in [-0.1, -0.05) is 30.3 Å². The SMILES string of the molecule is CCOC(=O)N[C@@H](C)C(=O)N1CCOC(c2ccccc2)C1. The van der Waals surface area contributed by atoms with Crippen molar-refractivity contribution in [1.29, 1.82) is 0 Å². The van der Waals surface area contributed by atoms with E-state index in [4.69, 9.17) is 9.47 Å². The highest BCUT2D eigenvalue weighted by molar-refractivity contribution is 5.85. The topological polar surface area (TPSA) is 67.9 Å². The van der Waals surface area contributed by atoms with Gasteiger partial charge in [0.2, 0.25) is 5.91 Å². The van der Waals surface area contributed by atoms with Gasteiger partial charge in [0.1, 0.15) is 12.1 Å². The molecule has 1 unspecified atom stereocenters. The molecule has 1 aliphatic rings. The van der Waals surface area contributed by atoms with Gasteiger partial charge in [0.25, 0.3) is 0 Å². The highest BCUT2D eigenvalue weighted by atomic mass is 16.5. The Balaban J connectivity index is 1.94. The second kappa shape index (κ2) is 7.79. The summed E-state index contributed by atoms with van der Waals surface area (Å²) in [7, 11) is 0. The Labute approximate surface area is 130 Å². The predicted molar refractivity (Wildman–Crippen MR) is 81.3 cm³/mol. The van der Waals surface area contributed by atoms with Crippen molar-refractivity contribution in [1.82, 2.24) is 10.2 Å².